The highest BCUT2D eigenvalue weighted by Crippen LogP contribution is 2.54. The minimum atomic E-state index is -4.77. The molecule has 6 heterocycles. The second-order valence-corrected chi connectivity index (χ2v) is 21.5. The molecule has 348 valence electrons. The molecule has 2 aromatic carbocycles. The van der Waals surface area contributed by atoms with Crippen LogP contribution in [0.25, 0.3) is 11.0 Å². The average Bonchev–Trinajstić information content (AvgIpc) is 3.98. The van der Waals surface area contributed by atoms with Crippen molar-refractivity contribution < 1.29 is 32.7 Å². The second-order valence-electron chi connectivity index (χ2n) is 19.8. The van der Waals surface area contributed by atoms with Gasteiger partial charge in [0, 0.05) is 54.6 Å². The molecule has 2 saturated carbocycles. The van der Waals surface area contributed by atoms with E-state index in [1.165, 1.54) is 43.0 Å². The Balaban J connectivity index is 0.855. The highest BCUT2D eigenvalue weighted by molar-refractivity contribution is 7.90. The Labute approximate surface area is 384 Å². The van der Waals surface area contributed by atoms with Crippen LogP contribution in [-0.2, 0) is 10.0 Å². The molecule has 0 unspecified atom stereocenters. The third kappa shape index (κ3) is 8.56. The van der Waals surface area contributed by atoms with E-state index < -0.39 is 37.3 Å². The van der Waals surface area contributed by atoms with Crippen molar-refractivity contribution in [1.82, 2.24) is 24.6 Å². The number of likely N-dealkylation sites (tertiary alicyclic amines) is 1. The number of hydrogen-bond acceptors (Lipinski definition) is 13. The van der Waals surface area contributed by atoms with E-state index in [0.717, 1.165) is 49.6 Å². The summed E-state index contributed by atoms with van der Waals surface area (Å²) in [5, 5.41) is 26.0. The van der Waals surface area contributed by atoms with Crippen molar-refractivity contribution in [2.24, 2.45) is 11.3 Å². The molecule has 2 atom stereocenters. The molecule has 66 heavy (non-hydrogen) atoms. The summed E-state index contributed by atoms with van der Waals surface area (Å²) in [5.41, 5.74) is 3.88. The SMILES string of the molecule is CC(C)c1ccccc1[C@H]1CCCN1C1CC2(CCN(c3ccc(C(=O)NS(=O)(=O)c4cc5c(c([N+](=O)[O-])n4)N[C@@H]([C@H]4CC[C@](C)(O)CC4)CO5)c(Oc4cnc5[nH]ccc5c4)c3)CC2)C1. The number of benzene rings is 2. The first-order valence-corrected chi connectivity index (χ1v) is 24.9. The number of nitrogens with one attached hydrogen (secondary N) is 3. The maximum atomic E-state index is 14.1. The van der Waals surface area contributed by atoms with E-state index >= 15 is 0 Å². The van der Waals surface area contributed by atoms with E-state index in [-0.39, 0.29) is 46.7 Å². The molecule has 3 aliphatic heterocycles. The first kappa shape index (κ1) is 44.1. The molecule has 1 spiro atoms. The molecule has 3 aromatic heterocycles. The standard InChI is InChI=1S/C49H58N8O8S/c1-30(2)36-7-4-5-8-37(36)40-9-6-20-56(40)34-26-49(27-34)17-21-55(22-18-49)33-10-11-38(41(24-33)65-35-23-32-14-19-50-45(32)51-28-35)47(58)54-66(62,63)43-25-42-44(46(53-43)57(60)61)52-39(29-64-42)31-12-15-48(3,59)16-13-31/h4-5,7-8,10-11,14,19,23-25,28,30-31,34,39-40,52,59H,6,9,12-13,15-18,20-22,26-27,29H2,1-3H3,(H,50,51)(H,54,58)/t31-,39-,40-,48-/m1/s1. The predicted octanol–water partition coefficient (Wildman–Crippen LogP) is 8.60. The molecule has 0 bridgehead atoms. The van der Waals surface area contributed by atoms with Crippen molar-refractivity contribution >= 4 is 44.2 Å². The topological polar surface area (TPSA) is 205 Å². The number of anilines is 2. The molecular weight excluding hydrogens is 861 g/mol. The van der Waals surface area contributed by atoms with E-state index in [4.69, 9.17) is 9.47 Å². The number of amides is 1. The second kappa shape index (κ2) is 17.1. The van der Waals surface area contributed by atoms with Gasteiger partial charge in [-0.15, -0.1) is 0 Å². The normalized spacial score (nSPS) is 24.4. The number of carbonyl (C=O) groups excluding carboxylic acids is 1. The van der Waals surface area contributed by atoms with Crippen LogP contribution in [0.5, 0.6) is 17.2 Å². The fourth-order valence-corrected chi connectivity index (χ4v) is 12.3. The number of aromatic nitrogens is 3. The van der Waals surface area contributed by atoms with Crippen LogP contribution in [0, 0.1) is 21.4 Å². The molecule has 2 saturated heterocycles. The van der Waals surface area contributed by atoms with Crippen LogP contribution >= 0.6 is 0 Å². The van der Waals surface area contributed by atoms with Crippen molar-refractivity contribution in [2.45, 2.75) is 120 Å². The monoisotopic (exact) mass is 918 g/mol. The van der Waals surface area contributed by atoms with Crippen LogP contribution in [-0.4, -0.2) is 88.1 Å². The number of H-pyrrole nitrogens is 1. The van der Waals surface area contributed by atoms with Crippen molar-refractivity contribution in [3.63, 3.8) is 0 Å². The van der Waals surface area contributed by atoms with Gasteiger partial charge in [-0.05, 0) is 140 Å². The van der Waals surface area contributed by atoms with Gasteiger partial charge < -0.3 is 39.9 Å². The van der Waals surface area contributed by atoms with E-state index in [9.17, 15) is 28.4 Å². The van der Waals surface area contributed by atoms with Gasteiger partial charge in [0.05, 0.1) is 23.4 Å². The Bertz CT molecular complexity index is 2770. The quantitative estimate of drug-likeness (QED) is 0.0725. The van der Waals surface area contributed by atoms with Gasteiger partial charge in [-0.1, -0.05) is 38.1 Å². The predicted molar refractivity (Wildman–Crippen MR) is 250 cm³/mol. The Morgan fingerprint density at radius 3 is 2.56 bits per heavy atom. The number of aromatic amines is 1. The number of sulfonamides is 1. The zero-order valence-electron chi connectivity index (χ0n) is 37.7. The van der Waals surface area contributed by atoms with Gasteiger partial charge in [-0.3, -0.25) is 9.69 Å². The zero-order valence-corrected chi connectivity index (χ0v) is 38.5. The number of ether oxygens (including phenoxy) is 2. The lowest BCUT2D eigenvalue weighted by Crippen LogP contribution is -2.54. The summed E-state index contributed by atoms with van der Waals surface area (Å²) >= 11 is 0. The van der Waals surface area contributed by atoms with Gasteiger partial charge in [0.2, 0.25) is 0 Å². The summed E-state index contributed by atoms with van der Waals surface area (Å²) in [6.45, 7) is 9.29. The number of pyridine rings is 2. The number of nitro groups is 1. The van der Waals surface area contributed by atoms with Crippen LogP contribution in [0.4, 0.5) is 17.2 Å². The average molecular weight is 919 g/mol. The number of rotatable bonds is 11. The lowest BCUT2D eigenvalue weighted by atomic mass is 9.59. The lowest BCUT2D eigenvalue weighted by Gasteiger charge is -2.56. The van der Waals surface area contributed by atoms with E-state index in [2.05, 4.69) is 72.9 Å². The minimum absolute atomic E-state index is 0.0256. The molecule has 10 rings (SSSR count). The van der Waals surface area contributed by atoms with Gasteiger partial charge in [-0.2, -0.15) is 8.42 Å². The van der Waals surface area contributed by atoms with Crippen LogP contribution in [0.1, 0.15) is 118 Å². The fraction of sp³-hybridized carbons (Fsp3) is 0.490. The van der Waals surface area contributed by atoms with Gasteiger partial charge in [-0.25, -0.2) is 9.71 Å². The van der Waals surface area contributed by atoms with Gasteiger partial charge in [0.1, 0.15) is 23.8 Å². The largest absolute Gasteiger partial charge is 0.489 e. The van der Waals surface area contributed by atoms with Gasteiger partial charge in [0.15, 0.2) is 11.4 Å². The summed E-state index contributed by atoms with van der Waals surface area (Å²) in [4.78, 5) is 42.1. The summed E-state index contributed by atoms with van der Waals surface area (Å²) in [7, 11) is -4.77. The lowest BCUT2D eigenvalue weighted by molar-refractivity contribution is -0.389. The first-order valence-electron chi connectivity index (χ1n) is 23.4. The molecular formula is C49H58N8O8S. The van der Waals surface area contributed by atoms with Crippen molar-refractivity contribution in [1.29, 1.82) is 0 Å². The molecule has 17 heteroatoms. The van der Waals surface area contributed by atoms with Crippen molar-refractivity contribution in [2.75, 3.05) is 36.5 Å². The summed E-state index contributed by atoms with van der Waals surface area (Å²) in [6.07, 6.45) is 12.7. The van der Waals surface area contributed by atoms with E-state index in [0.29, 0.717) is 55.1 Å². The molecule has 5 aliphatic rings. The number of carbonyl (C=O) groups is 1. The highest BCUT2D eigenvalue weighted by atomic mass is 32.2. The van der Waals surface area contributed by atoms with Gasteiger partial charge in [0.25, 0.3) is 10.9 Å². The first-order chi connectivity index (χ1) is 31.6. The molecule has 4 N–H and O–H groups in total. The molecule has 4 fully saturated rings. The molecule has 1 amide bonds. The van der Waals surface area contributed by atoms with Crippen LogP contribution in [0.2, 0.25) is 0 Å². The molecule has 2 aliphatic carbocycles. The Morgan fingerprint density at radius 1 is 1.03 bits per heavy atom. The maximum Gasteiger partial charge on any atom is 0.392 e. The fourth-order valence-electron chi connectivity index (χ4n) is 11.4. The van der Waals surface area contributed by atoms with Crippen LogP contribution in [0.15, 0.2) is 78.1 Å². The van der Waals surface area contributed by atoms with E-state index in [1.807, 2.05) is 6.07 Å². The Morgan fingerprint density at radius 2 is 1.80 bits per heavy atom. The van der Waals surface area contributed by atoms with Gasteiger partial charge >= 0.3 is 15.8 Å². The smallest absolute Gasteiger partial charge is 0.392 e. The van der Waals surface area contributed by atoms with Crippen molar-refractivity contribution in [3.05, 3.63) is 99.9 Å². The molecule has 16 nitrogen and oxygen atoms in total. The number of nitrogens with zero attached hydrogens (tertiary/aromatic N) is 5. The summed E-state index contributed by atoms with van der Waals surface area (Å²) in [6, 6.07) is 19.5. The number of aliphatic hydroxyl groups is 1. The van der Waals surface area contributed by atoms with E-state index in [1.54, 1.807) is 37.4 Å². The Hall–Kier alpha value is -5.78. The highest BCUT2D eigenvalue weighted by Gasteiger charge is 2.50. The third-order valence-electron chi connectivity index (χ3n) is 15.1. The minimum Gasteiger partial charge on any atom is -0.489 e. The van der Waals surface area contributed by atoms with Crippen molar-refractivity contribution in [3.8, 4) is 17.2 Å². The zero-order chi connectivity index (χ0) is 46.0. The summed E-state index contributed by atoms with van der Waals surface area (Å²) < 4.78 is 42.2. The number of piperidine rings is 1. The third-order valence-corrected chi connectivity index (χ3v) is 16.3. The summed E-state index contributed by atoms with van der Waals surface area (Å²) in [5.74, 6) is -0.759. The number of fused-ring (bicyclic) bond motifs is 2. The van der Waals surface area contributed by atoms with Crippen LogP contribution in [0.3, 0.4) is 0 Å². The maximum absolute atomic E-state index is 14.1. The molecule has 0 radical (unpaired) electrons. The Kier molecular flexibility index (Phi) is 11.4. The number of hydrogen-bond donors (Lipinski definition) is 4. The molecule has 5 aromatic rings. The van der Waals surface area contributed by atoms with Crippen LogP contribution < -0.4 is 24.4 Å².